The SMILES string of the molecule is CC1NCCCC1NC(=O)COc1cc(Cl)ccc1Cl. The largest absolute Gasteiger partial charge is 0.482 e. The first kappa shape index (κ1) is 15.4. The molecule has 1 aliphatic rings. The van der Waals surface area contributed by atoms with Gasteiger partial charge in [-0.05, 0) is 38.4 Å². The first-order chi connectivity index (χ1) is 9.56. The molecule has 0 aromatic heterocycles. The molecule has 0 spiro atoms. The summed E-state index contributed by atoms with van der Waals surface area (Å²) in [5.41, 5.74) is 0. The van der Waals surface area contributed by atoms with Crippen LogP contribution in [0.25, 0.3) is 0 Å². The molecule has 4 nitrogen and oxygen atoms in total. The first-order valence-electron chi connectivity index (χ1n) is 6.67. The summed E-state index contributed by atoms with van der Waals surface area (Å²) < 4.78 is 5.41. The number of halogens is 2. The van der Waals surface area contributed by atoms with Crippen molar-refractivity contribution in [1.29, 1.82) is 0 Å². The molecule has 1 aromatic carbocycles. The van der Waals surface area contributed by atoms with Crippen LogP contribution in [0, 0.1) is 0 Å². The number of hydrogen-bond donors (Lipinski definition) is 2. The number of benzene rings is 1. The molecule has 2 atom stereocenters. The molecular formula is C14H18Cl2N2O2. The molecule has 110 valence electrons. The third kappa shape index (κ3) is 4.27. The second-order valence-corrected chi connectivity index (χ2v) is 5.77. The van der Waals surface area contributed by atoms with E-state index in [1.165, 1.54) is 0 Å². The Bertz CT molecular complexity index is 482. The van der Waals surface area contributed by atoms with Crippen LogP contribution in [0.3, 0.4) is 0 Å². The maximum Gasteiger partial charge on any atom is 0.258 e. The van der Waals surface area contributed by atoms with Gasteiger partial charge in [-0.1, -0.05) is 23.2 Å². The Hall–Kier alpha value is -0.970. The third-order valence-electron chi connectivity index (χ3n) is 3.36. The van der Waals surface area contributed by atoms with Crippen LogP contribution in [0.4, 0.5) is 0 Å². The zero-order valence-electron chi connectivity index (χ0n) is 11.3. The van der Waals surface area contributed by atoms with Crippen molar-refractivity contribution in [2.45, 2.75) is 31.8 Å². The molecule has 0 bridgehead atoms. The van der Waals surface area contributed by atoms with E-state index in [9.17, 15) is 4.79 Å². The van der Waals surface area contributed by atoms with E-state index >= 15 is 0 Å². The Kier molecular flexibility index (Phi) is 5.52. The molecule has 1 aromatic rings. The number of carbonyl (C=O) groups excluding carboxylic acids is 1. The average molecular weight is 317 g/mol. The van der Waals surface area contributed by atoms with Crippen molar-refractivity contribution in [2.24, 2.45) is 0 Å². The number of piperidine rings is 1. The van der Waals surface area contributed by atoms with E-state index in [4.69, 9.17) is 27.9 Å². The van der Waals surface area contributed by atoms with E-state index in [1.807, 2.05) is 0 Å². The van der Waals surface area contributed by atoms with Crippen molar-refractivity contribution < 1.29 is 9.53 Å². The smallest absolute Gasteiger partial charge is 0.258 e. The number of rotatable bonds is 4. The molecule has 0 saturated carbocycles. The summed E-state index contributed by atoms with van der Waals surface area (Å²) in [6, 6.07) is 5.34. The fourth-order valence-electron chi connectivity index (χ4n) is 2.22. The molecule has 1 amide bonds. The maximum atomic E-state index is 11.9. The molecule has 6 heteroatoms. The van der Waals surface area contributed by atoms with Gasteiger partial charge in [0.25, 0.3) is 5.91 Å². The van der Waals surface area contributed by atoms with E-state index in [0.29, 0.717) is 15.8 Å². The topological polar surface area (TPSA) is 50.4 Å². The van der Waals surface area contributed by atoms with Crippen LogP contribution in [0.2, 0.25) is 10.0 Å². The molecule has 1 heterocycles. The molecule has 2 rings (SSSR count). The fraction of sp³-hybridized carbons (Fsp3) is 0.500. The highest BCUT2D eigenvalue weighted by atomic mass is 35.5. The molecule has 1 saturated heterocycles. The minimum atomic E-state index is -0.151. The van der Waals surface area contributed by atoms with Crippen molar-refractivity contribution >= 4 is 29.1 Å². The van der Waals surface area contributed by atoms with Crippen molar-refractivity contribution in [2.75, 3.05) is 13.2 Å². The van der Waals surface area contributed by atoms with Gasteiger partial charge >= 0.3 is 0 Å². The Morgan fingerprint density at radius 1 is 1.50 bits per heavy atom. The fourth-order valence-corrected chi connectivity index (χ4v) is 2.55. The number of ether oxygens (including phenoxy) is 1. The molecular weight excluding hydrogens is 299 g/mol. The van der Waals surface area contributed by atoms with Gasteiger partial charge in [-0.25, -0.2) is 0 Å². The second kappa shape index (κ2) is 7.16. The van der Waals surface area contributed by atoms with Crippen LogP contribution < -0.4 is 15.4 Å². The van der Waals surface area contributed by atoms with Gasteiger partial charge in [-0.3, -0.25) is 4.79 Å². The molecule has 20 heavy (non-hydrogen) atoms. The summed E-state index contributed by atoms with van der Waals surface area (Å²) in [5.74, 6) is 0.269. The van der Waals surface area contributed by atoms with Gasteiger partial charge in [-0.15, -0.1) is 0 Å². The lowest BCUT2D eigenvalue weighted by molar-refractivity contribution is -0.124. The van der Waals surface area contributed by atoms with Gasteiger partial charge in [0.1, 0.15) is 5.75 Å². The highest BCUT2D eigenvalue weighted by molar-refractivity contribution is 6.34. The Morgan fingerprint density at radius 2 is 2.30 bits per heavy atom. The van der Waals surface area contributed by atoms with Gasteiger partial charge in [0.2, 0.25) is 0 Å². The maximum absolute atomic E-state index is 11.9. The van der Waals surface area contributed by atoms with E-state index in [2.05, 4.69) is 17.6 Å². The highest BCUT2D eigenvalue weighted by Crippen LogP contribution is 2.27. The zero-order valence-corrected chi connectivity index (χ0v) is 12.8. The second-order valence-electron chi connectivity index (χ2n) is 4.92. The molecule has 1 fully saturated rings. The van der Waals surface area contributed by atoms with E-state index in [-0.39, 0.29) is 24.6 Å². The molecule has 2 N–H and O–H groups in total. The van der Waals surface area contributed by atoms with Crippen molar-refractivity contribution in [3.8, 4) is 5.75 Å². The normalized spacial score (nSPS) is 22.4. The Labute approximate surface area is 128 Å². The molecule has 0 radical (unpaired) electrons. The van der Waals surface area contributed by atoms with Crippen molar-refractivity contribution in [1.82, 2.24) is 10.6 Å². The monoisotopic (exact) mass is 316 g/mol. The lowest BCUT2D eigenvalue weighted by Gasteiger charge is -2.30. The van der Waals surface area contributed by atoms with Gasteiger partial charge in [0, 0.05) is 23.2 Å². The summed E-state index contributed by atoms with van der Waals surface area (Å²) in [5, 5.41) is 7.27. The number of carbonyl (C=O) groups is 1. The lowest BCUT2D eigenvalue weighted by atomic mass is 10.00. The van der Waals surface area contributed by atoms with Crippen LogP contribution in [-0.2, 0) is 4.79 Å². The average Bonchev–Trinajstić information content (AvgIpc) is 2.42. The first-order valence-corrected chi connectivity index (χ1v) is 7.42. The summed E-state index contributed by atoms with van der Waals surface area (Å²) in [7, 11) is 0. The molecule has 1 aliphatic heterocycles. The van der Waals surface area contributed by atoms with E-state index in [0.717, 1.165) is 19.4 Å². The van der Waals surface area contributed by atoms with Crippen LogP contribution in [0.15, 0.2) is 18.2 Å². The predicted octanol–water partition coefficient (Wildman–Crippen LogP) is 2.63. The van der Waals surface area contributed by atoms with E-state index in [1.54, 1.807) is 18.2 Å². The Morgan fingerprint density at radius 3 is 3.05 bits per heavy atom. The summed E-state index contributed by atoms with van der Waals surface area (Å²) in [6.07, 6.45) is 2.05. The van der Waals surface area contributed by atoms with Gasteiger partial charge in [0.05, 0.1) is 5.02 Å². The van der Waals surface area contributed by atoms with Crippen LogP contribution in [0.1, 0.15) is 19.8 Å². The minimum absolute atomic E-state index is 0.0662. The third-order valence-corrected chi connectivity index (χ3v) is 3.91. The quantitative estimate of drug-likeness (QED) is 0.897. The van der Waals surface area contributed by atoms with Crippen molar-refractivity contribution in [3.63, 3.8) is 0 Å². The summed E-state index contributed by atoms with van der Waals surface area (Å²) >= 11 is 11.8. The standard InChI is InChI=1S/C14H18Cl2N2O2/c1-9-12(3-2-6-17-9)18-14(19)8-20-13-7-10(15)4-5-11(13)16/h4-5,7,9,12,17H,2-3,6,8H2,1H3,(H,18,19). The zero-order chi connectivity index (χ0) is 14.5. The van der Waals surface area contributed by atoms with Gasteiger partial charge < -0.3 is 15.4 Å². The van der Waals surface area contributed by atoms with Gasteiger partial charge in [-0.2, -0.15) is 0 Å². The van der Waals surface area contributed by atoms with Crippen LogP contribution in [0.5, 0.6) is 5.75 Å². The summed E-state index contributed by atoms with van der Waals surface area (Å²) in [6.45, 7) is 3.00. The van der Waals surface area contributed by atoms with Gasteiger partial charge in [0.15, 0.2) is 6.61 Å². The number of amides is 1. The molecule has 0 aliphatic carbocycles. The Balaban J connectivity index is 1.84. The predicted molar refractivity (Wildman–Crippen MR) is 80.6 cm³/mol. The van der Waals surface area contributed by atoms with E-state index < -0.39 is 0 Å². The molecule has 2 unspecified atom stereocenters. The minimum Gasteiger partial charge on any atom is -0.482 e. The highest BCUT2D eigenvalue weighted by Gasteiger charge is 2.22. The number of nitrogens with one attached hydrogen (secondary N) is 2. The van der Waals surface area contributed by atoms with Crippen LogP contribution >= 0.6 is 23.2 Å². The van der Waals surface area contributed by atoms with Crippen molar-refractivity contribution in [3.05, 3.63) is 28.2 Å². The lowest BCUT2D eigenvalue weighted by Crippen LogP contribution is -2.52. The van der Waals surface area contributed by atoms with Crippen LogP contribution in [-0.4, -0.2) is 31.1 Å². The number of hydrogen-bond acceptors (Lipinski definition) is 3. The summed E-state index contributed by atoms with van der Waals surface area (Å²) in [4.78, 5) is 11.9.